The molecule has 0 unspecified atom stereocenters. The molecule has 17 heavy (non-hydrogen) atoms. The maximum Gasteiger partial charge on any atom is 0.167 e. The Hall–Kier alpha value is -1.51. The van der Waals surface area contributed by atoms with Gasteiger partial charge in [-0.05, 0) is 42.9 Å². The monoisotopic (exact) mass is 230 g/mol. The number of nitrogens with zero attached hydrogens (tertiary/aromatic N) is 1. The second kappa shape index (κ2) is 3.49. The Morgan fingerprint density at radius 1 is 1.35 bits per heavy atom. The van der Waals surface area contributed by atoms with E-state index in [1.165, 1.54) is 23.1 Å². The zero-order valence-electron chi connectivity index (χ0n) is 10.6. The molecule has 2 aromatic rings. The van der Waals surface area contributed by atoms with Gasteiger partial charge < -0.3 is 9.84 Å². The normalized spacial score (nSPS) is 18.5. The molecule has 0 saturated carbocycles. The molecule has 2 heterocycles. The predicted octanol–water partition coefficient (Wildman–Crippen LogP) is 3.52. The van der Waals surface area contributed by atoms with E-state index in [2.05, 4.69) is 30.4 Å². The summed E-state index contributed by atoms with van der Waals surface area (Å²) < 4.78 is 5.33. The van der Waals surface area contributed by atoms with E-state index < -0.39 is 0 Å². The number of aryl methyl sites for hydroxylation is 2. The minimum absolute atomic E-state index is 0.344. The van der Waals surface area contributed by atoms with E-state index in [0.29, 0.717) is 5.41 Å². The molecule has 90 valence electrons. The number of fused-ring (bicyclic) bond motifs is 3. The number of aromatic nitrogens is 1. The molecule has 1 aliphatic rings. The van der Waals surface area contributed by atoms with Crippen LogP contribution in [0.25, 0.3) is 11.0 Å². The van der Waals surface area contributed by atoms with Crippen molar-refractivity contribution in [3.63, 3.8) is 0 Å². The first-order chi connectivity index (χ1) is 8.07. The Morgan fingerprint density at radius 2 is 2.18 bits per heavy atom. The van der Waals surface area contributed by atoms with Crippen LogP contribution in [0.1, 0.15) is 31.5 Å². The number of hydrogen-bond acceptors (Lipinski definition) is 3. The molecule has 1 aromatic carbocycles. The maximum atomic E-state index is 5.33. The van der Waals surface area contributed by atoms with Crippen molar-refractivity contribution in [3.8, 4) is 0 Å². The zero-order valence-corrected chi connectivity index (χ0v) is 10.6. The summed E-state index contributed by atoms with van der Waals surface area (Å²) in [6, 6.07) is 4.13. The first-order valence-corrected chi connectivity index (χ1v) is 6.19. The summed E-state index contributed by atoms with van der Waals surface area (Å²) in [6.45, 7) is 7.66. The molecule has 0 bridgehead atoms. The highest BCUT2D eigenvalue weighted by Gasteiger charge is 2.24. The van der Waals surface area contributed by atoms with E-state index >= 15 is 0 Å². The topological polar surface area (TPSA) is 38.1 Å². The number of hydrogen-bond donors (Lipinski definition) is 1. The van der Waals surface area contributed by atoms with Crippen molar-refractivity contribution >= 4 is 16.7 Å². The zero-order chi connectivity index (χ0) is 12.0. The van der Waals surface area contributed by atoms with Crippen LogP contribution >= 0.6 is 0 Å². The third kappa shape index (κ3) is 1.70. The fraction of sp³-hybridized carbons (Fsp3) is 0.500. The molecule has 0 spiro atoms. The minimum atomic E-state index is 0.344. The number of nitrogens with one attached hydrogen (secondary N) is 1. The van der Waals surface area contributed by atoms with Crippen LogP contribution in [0.4, 0.5) is 5.69 Å². The Morgan fingerprint density at radius 3 is 3.00 bits per heavy atom. The summed E-state index contributed by atoms with van der Waals surface area (Å²) in [4.78, 5) is 0. The summed E-state index contributed by atoms with van der Waals surface area (Å²) in [6.07, 6.45) is 2.28. The molecule has 0 saturated heterocycles. The van der Waals surface area contributed by atoms with Gasteiger partial charge in [0.1, 0.15) is 0 Å². The Balaban J connectivity index is 2.18. The lowest BCUT2D eigenvalue weighted by atomic mass is 9.87. The van der Waals surface area contributed by atoms with E-state index in [-0.39, 0.29) is 0 Å². The van der Waals surface area contributed by atoms with E-state index in [9.17, 15) is 0 Å². The van der Waals surface area contributed by atoms with Crippen molar-refractivity contribution in [3.05, 3.63) is 23.4 Å². The largest absolute Gasteiger partial charge is 0.384 e. The lowest BCUT2D eigenvalue weighted by molar-refractivity contribution is 0.365. The Labute approximate surface area is 101 Å². The molecule has 0 aliphatic carbocycles. The van der Waals surface area contributed by atoms with Gasteiger partial charge in [-0.3, -0.25) is 0 Å². The lowest BCUT2D eigenvalue weighted by Gasteiger charge is -2.21. The SMILES string of the molecule is Cc1noc2ccc3c(c12)CCC(C)(C)CN3. The third-order valence-electron chi connectivity index (χ3n) is 3.73. The van der Waals surface area contributed by atoms with Crippen molar-refractivity contribution in [1.29, 1.82) is 0 Å². The van der Waals surface area contributed by atoms with Gasteiger partial charge in [-0.2, -0.15) is 0 Å². The van der Waals surface area contributed by atoms with E-state index in [0.717, 1.165) is 24.2 Å². The van der Waals surface area contributed by atoms with E-state index in [1.54, 1.807) is 0 Å². The van der Waals surface area contributed by atoms with Crippen LogP contribution in [0.3, 0.4) is 0 Å². The molecular weight excluding hydrogens is 212 g/mol. The maximum absolute atomic E-state index is 5.33. The van der Waals surface area contributed by atoms with Gasteiger partial charge in [0.25, 0.3) is 0 Å². The highest BCUT2D eigenvalue weighted by atomic mass is 16.5. The van der Waals surface area contributed by atoms with Crippen LogP contribution in [0.5, 0.6) is 0 Å². The van der Waals surface area contributed by atoms with Crippen LogP contribution in [0.2, 0.25) is 0 Å². The van der Waals surface area contributed by atoms with Gasteiger partial charge in [0.2, 0.25) is 0 Å². The van der Waals surface area contributed by atoms with E-state index in [1.807, 2.05) is 13.0 Å². The molecule has 0 atom stereocenters. The molecule has 0 fully saturated rings. The second-order valence-electron chi connectivity index (χ2n) is 5.75. The molecule has 0 amide bonds. The number of rotatable bonds is 0. The molecular formula is C14H18N2O. The van der Waals surface area contributed by atoms with Gasteiger partial charge in [-0.1, -0.05) is 19.0 Å². The van der Waals surface area contributed by atoms with Crippen LogP contribution < -0.4 is 5.32 Å². The summed E-state index contributed by atoms with van der Waals surface area (Å²) in [5.41, 5.74) is 4.86. The van der Waals surface area contributed by atoms with Crippen molar-refractivity contribution < 1.29 is 4.52 Å². The van der Waals surface area contributed by atoms with E-state index in [4.69, 9.17) is 4.52 Å². The Kier molecular flexibility index (Phi) is 2.18. The molecule has 1 aromatic heterocycles. The molecule has 1 aliphatic heterocycles. The van der Waals surface area contributed by atoms with Crippen molar-refractivity contribution in [2.75, 3.05) is 11.9 Å². The molecule has 3 rings (SSSR count). The second-order valence-corrected chi connectivity index (χ2v) is 5.75. The van der Waals surface area contributed by atoms with Gasteiger partial charge in [0.05, 0.1) is 5.69 Å². The van der Waals surface area contributed by atoms with Crippen molar-refractivity contribution in [2.45, 2.75) is 33.6 Å². The molecule has 3 heteroatoms. The quantitative estimate of drug-likeness (QED) is 0.752. The summed E-state index contributed by atoms with van der Waals surface area (Å²) in [5, 5.41) is 8.82. The Bertz CT molecular complexity index is 569. The molecule has 3 nitrogen and oxygen atoms in total. The lowest BCUT2D eigenvalue weighted by Crippen LogP contribution is -2.21. The molecule has 0 radical (unpaired) electrons. The smallest absolute Gasteiger partial charge is 0.167 e. The van der Waals surface area contributed by atoms with Crippen LogP contribution in [0, 0.1) is 12.3 Å². The average Bonchev–Trinajstić information content (AvgIpc) is 2.58. The standard InChI is InChI=1S/C14H18N2O/c1-9-13-10-6-7-14(2,3)8-15-11(10)4-5-12(13)17-16-9/h4-5,15H,6-8H2,1-3H3. The highest BCUT2D eigenvalue weighted by molar-refractivity contribution is 5.88. The number of anilines is 1. The number of benzene rings is 1. The summed E-state index contributed by atoms with van der Waals surface area (Å²) >= 11 is 0. The fourth-order valence-electron chi connectivity index (χ4n) is 2.57. The van der Waals surface area contributed by atoms with Crippen LogP contribution in [0.15, 0.2) is 16.7 Å². The van der Waals surface area contributed by atoms with Gasteiger partial charge in [-0.15, -0.1) is 0 Å². The first-order valence-electron chi connectivity index (χ1n) is 6.19. The highest BCUT2D eigenvalue weighted by Crippen LogP contribution is 2.35. The third-order valence-corrected chi connectivity index (χ3v) is 3.73. The van der Waals surface area contributed by atoms with Crippen LogP contribution in [-0.4, -0.2) is 11.7 Å². The minimum Gasteiger partial charge on any atom is -0.384 e. The predicted molar refractivity (Wildman–Crippen MR) is 69.3 cm³/mol. The summed E-state index contributed by atoms with van der Waals surface area (Å²) in [5.74, 6) is 0. The van der Waals surface area contributed by atoms with Gasteiger partial charge >= 0.3 is 0 Å². The van der Waals surface area contributed by atoms with Crippen molar-refractivity contribution in [2.24, 2.45) is 5.41 Å². The molecule has 1 N–H and O–H groups in total. The average molecular weight is 230 g/mol. The van der Waals surface area contributed by atoms with Crippen molar-refractivity contribution in [1.82, 2.24) is 5.16 Å². The fourth-order valence-corrected chi connectivity index (χ4v) is 2.57. The summed E-state index contributed by atoms with van der Waals surface area (Å²) in [7, 11) is 0. The van der Waals surface area contributed by atoms with Gasteiger partial charge in [0, 0.05) is 17.6 Å². The van der Waals surface area contributed by atoms with Crippen LogP contribution in [-0.2, 0) is 6.42 Å². The first kappa shape index (κ1) is 10.6. The van der Waals surface area contributed by atoms with Gasteiger partial charge in [-0.25, -0.2) is 0 Å². The van der Waals surface area contributed by atoms with Gasteiger partial charge in [0.15, 0.2) is 5.58 Å².